The summed E-state index contributed by atoms with van der Waals surface area (Å²) in [5, 5.41) is 0.672. The number of hydrogen-bond acceptors (Lipinski definition) is 6. The van der Waals surface area contributed by atoms with Crippen molar-refractivity contribution in [2.75, 3.05) is 30.9 Å². The lowest BCUT2D eigenvalue weighted by Gasteiger charge is -2.25. The van der Waals surface area contributed by atoms with Crippen LogP contribution in [0.5, 0.6) is 0 Å². The molecule has 0 aliphatic rings. The minimum atomic E-state index is -0.701. The van der Waals surface area contributed by atoms with Crippen LogP contribution in [0.2, 0.25) is 0 Å². The highest BCUT2D eigenvalue weighted by molar-refractivity contribution is 6.14. The summed E-state index contributed by atoms with van der Waals surface area (Å²) in [7, 11) is 1.57. The summed E-state index contributed by atoms with van der Waals surface area (Å²) < 4.78 is 6.44. The molecule has 3 rings (SSSR count). The zero-order valence-corrected chi connectivity index (χ0v) is 18.8. The number of H-pyrrole nitrogens is 1. The molecule has 0 atom stereocenters. The number of anilines is 2. The second-order valence-corrected chi connectivity index (χ2v) is 8.13. The van der Waals surface area contributed by atoms with Gasteiger partial charge in [0.15, 0.2) is 5.69 Å². The van der Waals surface area contributed by atoms with Gasteiger partial charge in [0.2, 0.25) is 0 Å². The van der Waals surface area contributed by atoms with Crippen molar-refractivity contribution >= 4 is 28.3 Å². The second kappa shape index (κ2) is 9.78. The SMILES string of the molecule is COCCCN(C(=O)c1cc(C)nc2ccccc12)c1c(N)n(CC(C)C)c(=O)[nH]c1=O. The fourth-order valence-corrected chi connectivity index (χ4v) is 3.70. The molecule has 0 spiro atoms. The van der Waals surface area contributed by atoms with E-state index in [4.69, 9.17) is 10.5 Å². The van der Waals surface area contributed by atoms with Gasteiger partial charge in [0.25, 0.3) is 11.5 Å². The predicted octanol–water partition coefficient (Wildman–Crippen LogP) is 2.31. The Morgan fingerprint density at radius 3 is 2.69 bits per heavy atom. The number of nitrogens with two attached hydrogens (primary N) is 1. The van der Waals surface area contributed by atoms with Crippen LogP contribution in [0, 0.1) is 12.8 Å². The van der Waals surface area contributed by atoms with Gasteiger partial charge in [-0.15, -0.1) is 0 Å². The van der Waals surface area contributed by atoms with E-state index in [1.807, 2.05) is 45.0 Å². The Hall–Kier alpha value is -3.46. The van der Waals surface area contributed by atoms with Gasteiger partial charge < -0.3 is 15.4 Å². The van der Waals surface area contributed by atoms with E-state index in [-0.39, 0.29) is 24.0 Å². The first-order chi connectivity index (χ1) is 15.2. The number of benzene rings is 1. The number of hydrogen-bond donors (Lipinski definition) is 2. The summed E-state index contributed by atoms with van der Waals surface area (Å²) in [6.07, 6.45) is 0.479. The number of nitrogen functional groups attached to an aromatic ring is 1. The van der Waals surface area contributed by atoms with Crippen molar-refractivity contribution in [3.05, 3.63) is 62.4 Å². The van der Waals surface area contributed by atoms with E-state index in [2.05, 4.69) is 9.97 Å². The number of carbonyl (C=O) groups is 1. The lowest BCUT2D eigenvalue weighted by Crippen LogP contribution is -2.42. The zero-order chi connectivity index (χ0) is 23.4. The first-order valence-corrected chi connectivity index (χ1v) is 10.5. The smallest absolute Gasteiger partial charge is 0.330 e. The van der Waals surface area contributed by atoms with E-state index in [0.29, 0.717) is 41.7 Å². The zero-order valence-electron chi connectivity index (χ0n) is 18.8. The van der Waals surface area contributed by atoms with Crippen LogP contribution < -0.4 is 21.9 Å². The summed E-state index contributed by atoms with van der Waals surface area (Å²) >= 11 is 0. The van der Waals surface area contributed by atoms with Gasteiger partial charge in [0, 0.05) is 37.9 Å². The molecule has 2 aromatic heterocycles. The van der Waals surface area contributed by atoms with Gasteiger partial charge in [-0.2, -0.15) is 0 Å². The standard InChI is InChI=1S/C23H29N5O4/c1-14(2)13-28-20(24)19(21(29)26-23(28)31)27(10-7-11-32-4)22(30)17-12-15(3)25-18-9-6-5-8-16(17)18/h5-6,8-9,12,14H,7,10-11,13,24H2,1-4H3,(H,26,29,31). The van der Waals surface area contributed by atoms with E-state index < -0.39 is 17.2 Å². The van der Waals surface area contributed by atoms with Crippen LogP contribution in [0.1, 0.15) is 36.3 Å². The van der Waals surface area contributed by atoms with E-state index >= 15 is 0 Å². The molecule has 0 aliphatic carbocycles. The van der Waals surface area contributed by atoms with Crippen LogP contribution >= 0.6 is 0 Å². The normalized spacial score (nSPS) is 11.3. The minimum Gasteiger partial charge on any atom is -0.385 e. The third-order valence-corrected chi connectivity index (χ3v) is 5.08. The number of pyridine rings is 1. The van der Waals surface area contributed by atoms with Gasteiger partial charge in [-0.05, 0) is 31.4 Å². The molecule has 0 bridgehead atoms. The van der Waals surface area contributed by atoms with E-state index in [1.54, 1.807) is 13.2 Å². The van der Waals surface area contributed by atoms with Crippen LogP contribution in [-0.2, 0) is 11.3 Å². The number of nitrogens with zero attached hydrogens (tertiary/aromatic N) is 3. The number of ether oxygens (including phenoxy) is 1. The number of methoxy groups -OCH3 is 1. The molecule has 0 aliphatic heterocycles. The first-order valence-electron chi connectivity index (χ1n) is 10.5. The van der Waals surface area contributed by atoms with Crippen molar-refractivity contribution in [1.82, 2.24) is 14.5 Å². The number of amides is 1. The van der Waals surface area contributed by atoms with Crippen LogP contribution in [0.15, 0.2) is 39.9 Å². The van der Waals surface area contributed by atoms with Crippen molar-refractivity contribution in [3.63, 3.8) is 0 Å². The molecule has 1 amide bonds. The second-order valence-electron chi connectivity index (χ2n) is 8.13. The van der Waals surface area contributed by atoms with Crippen molar-refractivity contribution in [2.45, 2.75) is 33.7 Å². The minimum absolute atomic E-state index is 0.0340. The maximum atomic E-state index is 13.8. The third kappa shape index (κ3) is 4.72. The van der Waals surface area contributed by atoms with Gasteiger partial charge >= 0.3 is 5.69 Å². The summed E-state index contributed by atoms with van der Waals surface area (Å²) in [4.78, 5) is 47.2. The van der Waals surface area contributed by atoms with Gasteiger partial charge in [0.1, 0.15) is 5.82 Å². The van der Waals surface area contributed by atoms with Crippen LogP contribution in [0.3, 0.4) is 0 Å². The van der Waals surface area contributed by atoms with Crippen molar-refractivity contribution in [2.24, 2.45) is 5.92 Å². The van der Waals surface area contributed by atoms with E-state index in [1.165, 1.54) is 9.47 Å². The topological polar surface area (TPSA) is 123 Å². The molecule has 0 unspecified atom stereocenters. The lowest BCUT2D eigenvalue weighted by atomic mass is 10.1. The number of nitrogens with one attached hydrogen (secondary N) is 1. The average molecular weight is 440 g/mol. The molecule has 9 nitrogen and oxygen atoms in total. The van der Waals surface area contributed by atoms with Crippen molar-refractivity contribution in [1.29, 1.82) is 0 Å². The molecule has 3 aromatic rings. The molecule has 3 N–H and O–H groups in total. The highest BCUT2D eigenvalue weighted by Crippen LogP contribution is 2.25. The number of aromatic amines is 1. The highest BCUT2D eigenvalue weighted by atomic mass is 16.5. The maximum Gasteiger partial charge on any atom is 0.330 e. The molecule has 32 heavy (non-hydrogen) atoms. The van der Waals surface area contributed by atoms with Gasteiger partial charge in [0.05, 0.1) is 11.1 Å². The van der Waals surface area contributed by atoms with E-state index in [0.717, 1.165) is 0 Å². The summed E-state index contributed by atoms with van der Waals surface area (Å²) in [6.45, 7) is 6.57. The Labute approximate surface area is 185 Å². The molecule has 170 valence electrons. The van der Waals surface area contributed by atoms with Gasteiger partial charge in [-0.1, -0.05) is 32.0 Å². The molecule has 0 radical (unpaired) electrons. The maximum absolute atomic E-state index is 13.8. The molecular weight excluding hydrogens is 410 g/mol. The van der Waals surface area contributed by atoms with Crippen LogP contribution in [0.25, 0.3) is 10.9 Å². The largest absolute Gasteiger partial charge is 0.385 e. The van der Waals surface area contributed by atoms with Crippen LogP contribution in [-0.4, -0.2) is 40.7 Å². The number of aryl methyl sites for hydroxylation is 1. The molecule has 1 aromatic carbocycles. The Balaban J connectivity index is 2.20. The molecule has 2 heterocycles. The summed E-state index contributed by atoms with van der Waals surface area (Å²) in [5.41, 5.74) is 6.73. The predicted molar refractivity (Wildman–Crippen MR) is 125 cm³/mol. The monoisotopic (exact) mass is 439 g/mol. The summed E-state index contributed by atoms with van der Waals surface area (Å²) in [6, 6.07) is 9.02. The molecule has 0 fully saturated rings. The molecule has 0 saturated carbocycles. The number of para-hydroxylation sites is 1. The van der Waals surface area contributed by atoms with Crippen molar-refractivity contribution < 1.29 is 9.53 Å². The number of fused-ring (bicyclic) bond motifs is 1. The fourth-order valence-electron chi connectivity index (χ4n) is 3.70. The first kappa shape index (κ1) is 23.2. The van der Waals surface area contributed by atoms with Crippen molar-refractivity contribution in [3.8, 4) is 0 Å². The number of rotatable bonds is 8. The molecule has 0 saturated heterocycles. The van der Waals surface area contributed by atoms with E-state index in [9.17, 15) is 14.4 Å². The Morgan fingerprint density at radius 1 is 1.28 bits per heavy atom. The Morgan fingerprint density at radius 2 is 2.00 bits per heavy atom. The highest BCUT2D eigenvalue weighted by Gasteiger charge is 2.26. The Kier molecular flexibility index (Phi) is 7.09. The Bertz CT molecular complexity index is 1250. The third-order valence-electron chi connectivity index (χ3n) is 5.08. The van der Waals surface area contributed by atoms with Gasteiger partial charge in [-0.25, -0.2) is 4.79 Å². The average Bonchev–Trinajstić information content (AvgIpc) is 2.74. The fraction of sp³-hybridized carbons (Fsp3) is 0.391. The van der Waals surface area contributed by atoms with Gasteiger partial charge in [-0.3, -0.25) is 24.1 Å². The number of aromatic nitrogens is 3. The number of carbonyl (C=O) groups excluding carboxylic acids is 1. The summed E-state index contributed by atoms with van der Waals surface area (Å²) in [5.74, 6) is -0.318. The van der Waals surface area contributed by atoms with Crippen LogP contribution in [0.4, 0.5) is 11.5 Å². The molecular formula is C23H29N5O4. The lowest BCUT2D eigenvalue weighted by molar-refractivity contribution is 0.0984. The molecule has 9 heteroatoms. The quantitative estimate of drug-likeness (QED) is 0.519.